The van der Waals surface area contributed by atoms with E-state index in [2.05, 4.69) is 30.3 Å². The number of sulfonamides is 1. The van der Waals surface area contributed by atoms with Crippen molar-refractivity contribution >= 4 is 44.8 Å². The number of anilines is 2. The summed E-state index contributed by atoms with van der Waals surface area (Å²) in [7, 11) is -3.20. The van der Waals surface area contributed by atoms with E-state index in [0.717, 1.165) is 6.26 Å². The van der Waals surface area contributed by atoms with E-state index in [1.54, 1.807) is 0 Å². The number of nitrogens with two attached hydrogens (primary N) is 2. The lowest BCUT2D eigenvalue weighted by molar-refractivity contribution is -0.134. The molecule has 3 rings (SSSR count). The van der Waals surface area contributed by atoms with Gasteiger partial charge in [-0.25, -0.2) is 18.1 Å². The number of aromatic nitrogens is 4. The lowest BCUT2D eigenvalue weighted by Crippen LogP contribution is -2.39. The minimum Gasteiger partial charge on any atom is -0.387 e. The van der Waals surface area contributed by atoms with Gasteiger partial charge in [-0.05, 0) is 12.8 Å². The second kappa shape index (κ2) is 11.7. The molecular weight excluding hydrogens is 498 g/mol. The number of amides is 2. The Kier molecular flexibility index (Phi) is 8.96. The zero-order valence-corrected chi connectivity index (χ0v) is 20.4. The van der Waals surface area contributed by atoms with Crippen molar-refractivity contribution in [3.8, 4) is 0 Å². The topological polar surface area (TPSA) is 250 Å². The minimum absolute atomic E-state index is 0.0511. The molecule has 36 heavy (non-hydrogen) atoms. The zero-order chi connectivity index (χ0) is 26.5. The molecule has 9 N–H and O–H groups in total. The van der Waals surface area contributed by atoms with Crippen molar-refractivity contribution in [1.29, 1.82) is 0 Å². The Bertz CT molecular complexity index is 1190. The maximum Gasteiger partial charge on any atom is 0.249 e. The number of rotatable bonds is 13. The summed E-state index contributed by atoms with van der Waals surface area (Å²) in [5, 5.41) is 26.1. The summed E-state index contributed by atoms with van der Waals surface area (Å²) >= 11 is 0. The summed E-state index contributed by atoms with van der Waals surface area (Å²) in [6.45, 7) is 0.912. The first kappa shape index (κ1) is 27.5. The molecule has 2 aromatic heterocycles. The fourth-order valence-corrected chi connectivity index (χ4v) is 4.15. The number of carbonyl (C=O) groups excluding carboxylic acids is 2. The predicted molar refractivity (Wildman–Crippen MR) is 128 cm³/mol. The van der Waals surface area contributed by atoms with Gasteiger partial charge in [0.15, 0.2) is 23.8 Å². The van der Waals surface area contributed by atoms with Crippen LogP contribution in [0.4, 0.5) is 11.8 Å². The third kappa shape index (κ3) is 6.97. The summed E-state index contributed by atoms with van der Waals surface area (Å²) < 4.78 is 31.1. The summed E-state index contributed by atoms with van der Waals surface area (Å²) in [5.74, 6) is -0.878. The standard InChI is InChI=1S/C19H31N9O7S/c1-36(33,34)25-6-4-2-3-5-10(29)22-7-8-23-19-26-15(20)11-17(27-19)28(9-24-11)18-13(31)12(30)14(35-18)16(21)32/h9,12-14,18,25,30-31H,2-8H2,1H3,(H2,21,32)(H,22,29)(H3,20,23,26,27). The van der Waals surface area contributed by atoms with Gasteiger partial charge in [-0.2, -0.15) is 9.97 Å². The van der Waals surface area contributed by atoms with Gasteiger partial charge < -0.3 is 37.1 Å². The molecule has 3 heterocycles. The summed E-state index contributed by atoms with van der Waals surface area (Å²) in [5.41, 5.74) is 11.6. The number of unbranched alkanes of at least 4 members (excludes halogenated alkanes) is 2. The van der Waals surface area contributed by atoms with Crippen LogP contribution in [-0.2, 0) is 24.3 Å². The van der Waals surface area contributed by atoms with Crippen LogP contribution in [0.25, 0.3) is 11.2 Å². The fraction of sp³-hybridized carbons (Fsp3) is 0.632. The molecule has 0 aromatic carbocycles. The first-order chi connectivity index (χ1) is 17.0. The molecule has 0 radical (unpaired) electrons. The van der Waals surface area contributed by atoms with Gasteiger partial charge in [0, 0.05) is 26.1 Å². The highest BCUT2D eigenvalue weighted by molar-refractivity contribution is 7.88. The maximum atomic E-state index is 12.0. The molecule has 1 aliphatic heterocycles. The highest BCUT2D eigenvalue weighted by Crippen LogP contribution is 2.32. The molecule has 0 spiro atoms. The molecule has 17 heteroatoms. The van der Waals surface area contributed by atoms with E-state index in [9.17, 15) is 28.2 Å². The first-order valence-electron chi connectivity index (χ1n) is 11.2. The van der Waals surface area contributed by atoms with Gasteiger partial charge in [-0.1, -0.05) is 6.42 Å². The molecule has 0 saturated carbocycles. The number of nitrogens with one attached hydrogen (secondary N) is 3. The summed E-state index contributed by atoms with van der Waals surface area (Å²) in [6.07, 6.45) is -0.857. The van der Waals surface area contributed by atoms with E-state index in [4.69, 9.17) is 16.2 Å². The molecule has 16 nitrogen and oxygen atoms in total. The van der Waals surface area contributed by atoms with Gasteiger partial charge in [0.25, 0.3) is 0 Å². The molecule has 2 amide bonds. The Morgan fingerprint density at radius 2 is 1.89 bits per heavy atom. The van der Waals surface area contributed by atoms with Gasteiger partial charge in [0.05, 0.1) is 12.6 Å². The number of imidazole rings is 1. The molecule has 1 fully saturated rings. The monoisotopic (exact) mass is 529 g/mol. The lowest BCUT2D eigenvalue weighted by atomic mass is 10.1. The lowest BCUT2D eigenvalue weighted by Gasteiger charge is -2.16. The second-order valence-corrected chi connectivity index (χ2v) is 10.2. The Labute approximate surface area is 206 Å². The van der Waals surface area contributed by atoms with Crippen LogP contribution in [0, 0.1) is 0 Å². The number of hydrogen-bond acceptors (Lipinski definition) is 12. The van der Waals surface area contributed by atoms with E-state index in [1.807, 2.05) is 0 Å². The average molecular weight is 530 g/mol. The number of aliphatic hydroxyl groups excluding tert-OH is 2. The number of nitrogens with zero attached hydrogens (tertiary/aromatic N) is 4. The summed E-state index contributed by atoms with van der Waals surface area (Å²) in [6, 6.07) is 0. The molecule has 4 atom stereocenters. The summed E-state index contributed by atoms with van der Waals surface area (Å²) in [4.78, 5) is 36.0. The van der Waals surface area contributed by atoms with Crippen molar-refractivity contribution in [2.45, 2.75) is 50.2 Å². The van der Waals surface area contributed by atoms with Crippen molar-refractivity contribution < 1.29 is 33.0 Å². The molecular formula is C19H31N9O7S. The van der Waals surface area contributed by atoms with E-state index in [1.165, 1.54) is 10.9 Å². The number of fused-ring (bicyclic) bond motifs is 1. The highest BCUT2D eigenvalue weighted by atomic mass is 32.2. The quantitative estimate of drug-likeness (QED) is 0.130. The van der Waals surface area contributed by atoms with Crippen LogP contribution in [0.1, 0.15) is 31.9 Å². The van der Waals surface area contributed by atoms with Crippen LogP contribution in [0.5, 0.6) is 0 Å². The van der Waals surface area contributed by atoms with Gasteiger partial charge in [0.1, 0.15) is 17.7 Å². The average Bonchev–Trinajstić information content (AvgIpc) is 3.34. The molecule has 200 valence electrons. The zero-order valence-electron chi connectivity index (χ0n) is 19.6. The van der Waals surface area contributed by atoms with Crippen LogP contribution in [-0.4, -0.2) is 94.2 Å². The maximum absolute atomic E-state index is 12.0. The molecule has 2 aromatic rings. The SMILES string of the molecule is CS(=O)(=O)NCCCCCC(=O)NCCNc1nc(N)c2ncn(C3OC(C(N)=O)C(O)C3O)c2n1. The molecule has 4 unspecified atom stereocenters. The van der Waals surface area contributed by atoms with Crippen LogP contribution < -0.4 is 26.8 Å². The van der Waals surface area contributed by atoms with Crippen LogP contribution in [0.15, 0.2) is 6.33 Å². The van der Waals surface area contributed by atoms with Crippen molar-refractivity contribution in [3.05, 3.63) is 6.33 Å². The van der Waals surface area contributed by atoms with Crippen LogP contribution in [0.3, 0.4) is 0 Å². The number of hydrogen-bond donors (Lipinski definition) is 7. The third-order valence-electron chi connectivity index (χ3n) is 5.42. The number of primary amides is 1. The van der Waals surface area contributed by atoms with Crippen molar-refractivity contribution in [3.63, 3.8) is 0 Å². The number of ether oxygens (including phenoxy) is 1. The Morgan fingerprint density at radius 1 is 1.14 bits per heavy atom. The number of carbonyl (C=O) groups is 2. The van der Waals surface area contributed by atoms with E-state index < -0.39 is 40.5 Å². The van der Waals surface area contributed by atoms with E-state index in [0.29, 0.717) is 32.2 Å². The van der Waals surface area contributed by atoms with Crippen LogP contribution >= 0.6 is 0 Å². The predicted octanol–water partition coefficient (Wildman–Crippen LogP) is -2.85. The normalized spacial score (nSPS) is 22.1. The number of nitrogen functional groups attached to an aromatic ring is 1. The Hall–Kier alpha value is -3.12. The molecule has 1 aliphatic rings. The fourth-order valence-electron chi connectivity index (χ4n) is 3.64. The van der Waals surface area contributed by atoms with Gasteiger partial charge >= 0.3 is 0 Å². The smallest absolute Gasteiger partial charge is 0.249 e. The van der Waals surface area contributed by atoms with Crippen molar-refractivity contribution in [2.24, 2.45) is 5.73 Å². The van der Waals surface area contributed by atoms with E-state index in [-0.39, 0.29) is 41.9 Å². The van der Waals surface area contributed by atoms with E-state index >= 15 is 0 Å². The van der Waals surface area contributed by atoms with Crippen molar-refractivity contribution in [2.75, 3.05) is 36.9 Å². The Balaban J connectivity index is 1.49. The van der Waals surface area contributed by atoms with Gasteiger partial charge in [-0.3, -0.25) is 14.2 Å². The van der Waals surface area contributed by atoms with Gasteiger partial charge in [-0.15, -0.1) is 0 Å². The third-order valence-corrected chi connectivity index (χ3v) is 6.14. The Morgan fingerprint density at radius 3 is 2.56 bits per heavy atom. The van der Waals surface area contributed by atoms with Crippen molar-refractivity contribution in [1.82, 2.24) is 29.6 Å². The molecule has 0 aliphatic carbocycles. The highest BCUT2D eigenvalue weighted by Gasteiger charge is 2.47. The molecule has 0 bridgehead atoms. The second-order valence-electron chi connectivity index (χ2n) is 8.34. The number of aliphatic hydroxyl groups is 2. The largest absolute Gasteiger partial charge is 0.387 e. The van der Waals surface area contributed by atoms with Gasteiger partial charge in [0.2, 0.25) is 27.8 Å². The minimum atomic E-state index is -3.20. The molecule has 1 saturated heterocycles. The first-order valence-corrected chi connectivity index (χ1v) is 13.1. The van der Waals surface area contributed by atoms with Crippen LogP contribution in [0.2, 0.25) is 0 Å².